The fraction of sp³-hybridized carbons (Fsp3) is 0.556. The van der Waals surface area contributed by atoms with E-state index in [9.17, 15) is 18.0 Å². The Morgan fingerprint density at radius 1 is 1.08 bits per heavy atom. The summed E-state index contributed by atoms with van der Waals surface area (Å²) in [5, 5.41) is 0. The molecule has 1 amide bonds. The number of likely N-dealkylation sites (tertiary alicyclic amines) is 1. The van der Waals surface area contributed by atoms with E-state index in [1.807, 2.05) is 14.1 Å². The van der Waals surface area contributed by atoms with E-state index in [4.69, 9.17) is 0 Å². The Hall–Kier alpha value is -1.77. The highest BCUT2D eigenvalue weighted by atomic mass is 32.2. The van der Waals surface area contributed by atoms with Crippen molar-refractivity contribution in [2.24, 2.45) is 0 Å². The highest BCUT2D eigenvalue weighted by Gasteiger charge is 2.28. The van der Waals surface area contributed by atoms with Crippen LogP contribution in [0.5, 0.6) is 0 Å². The molecule has 0 atom stereocenters. The fourth-order valence-electron chi connectivity index (χ4n) is 3.05. The van der Waals surface area contributed by atoms with Gasteiger partial charge in [0.25, 0.3) is 0 Å². The second-order valence-electron chi connectivity index (χ2n) is 6.92. The summed E-state index contributed by atoms with van der Waals surface area (Å²) < 4.78 is 26.3. The van der Waals surface area contributed by atoms with Crippen molar-refractivity contribution < 1.29 is 18.0 Å². The van der Waals surface area contributed by atoms with Crippen molar-refractivity contribution in [1.29, 1.82) is 0 Å². The van der Waals surface area contributed by atoms with Gasteiger partial charge in [-0.25, -0.2) is 8.42 Å². The Morgan fingerprint density at radius 3 is 2.08 bits per heavy atom. The Bertz CT molecular complexity index is 751. The zero-order valence-corrected chi connectivity index (χ0v) is 16.6. The van der Waals surface area contributed by atoms with Crippen molar-refractivity contribution in [3.8, 4) is 0 Å². The van der Waals surface area contributed by atoms with Crippen LogP contribution in [-0.4, -0.2) is 81.0 Å². The molecular formula is C18H27N3O4S. The van der Waals surface area contributed by atoms with Crippen LogP contribution in [0.1, 0.15) is 30.1 Å². The topological polar surface area (TPSA) is 78.0 Å². The normalized spacial score (nSPS) is 16.3. The van der Waals surface area contributed by atoms with Crippen molar-refractivity contribution in [2.75, 3.05) is 40.8 Å². The summed E-state index contributed by atoms with van der Waals surface area (Å²) in [6, 6.07) is 6.22. The molecule has 0 radical (unpaired) electrons. The van der Waals surface area contributed by atoms with E-state index in [1.165, 1.54) is 38.2 Å². The van der Waals surface area contributed by atoms with Crippen molar-refractivity contribution in [1.82, 2.24) is 14.1 Å². The first-order valence-electron chi connectivity index (χ1n) is 8.64. The summed E-state index contributed by atoms with van der Waals surface area (Å²) in [4.78, 5) is 27.7. The molecule has 0 saturated carbocycles. The van der Waals surface area contributed by atoms with Crippen LogP contribution in [-0.2, 0) is 14.8 Å². The average molecular weight is 381 g/mol. The van der Waals surface area contributed by atoms with Crippen molar-refractivity contribution >= 4 is 21.7 Å². The van der Waals surface area contributed by atoms with E-state index in [0.717, 1.165) is 17.1 Å². The lowest BCUT2D eigenvalue weighted by Gasteiger charge is -2.35. The number of Topliss-reactive ketones (excluding diaryl/α,β-unsaturated/α-hetero) is 1. The SMILES string of the molecule is CC(=O)c1ccc(S(=O)(=O)N(C)CC(=O)N2CCC(N(C)C)CC2)cc1. The summed E-state index contributed by atoms with van der Waals surface area (Å²) in [6.45, 7) is 2.52. The van der Waals surface area contributed by atoms with Crippen LogP contribution >= 0.6 is 0 Å². The third-order valence-electron chi connectivity index (χ3n) is 4.87. The van der Waals surface area contributed by atoms with E-state index in [1.54, 1.807) is 4.90 Å². The number of hydrogen-bond acceptors (Lipinski definition) is 5. The van der Waals surface area contributed by atoms with Gasteiger partial charge in [-0.3, -0.25) is 9.59 Å². The van der Waals surface area contributed by atoms with E-state index in [0.29, 0.717) is 24.7 Å². The van der Waals surface area contributed by atoms with Crippen LogP contribution in [0.25, 0.3) is 0 Å². The number of carbonyl (C=O) groups is 2. The van der Waals surface area contributed by atoms with Gasteiger partial charge < -0.3 is 9.80 Å². The number of nitrogens with zero attached hydrogens (tertiary/aromatic N) is 3. The quantitative estimate of drug-likeness (QED) is 0.689. The Kier molecular flexibility index (Phi) is 6.54. The van der Waals surface area contributed by atoms with Crippen LogP contribution in [0, 0.1) is 0 Å². The third-order valence-corrected chi connectivity index (χ3v) is 6.69. The molecule has 1 fully saturated rings. The standard InChI is InChI=1S/C18H27N3O4S/c1-14(22)15-5-7-17(8-6-15)26(24,25)20(4)13-18(23)21-11-9-16(10-12-21)19(2)3/h5-8,16H,9-13H2,1-4H3. The summed E-state index contributed by atoms with van der Waals surface area (Å²) >= 11 is 0. The summed E-state index contributed by atoms with van der Waals surface area (Å²) in [5.41, 5.74) is 0.450. The lowest BCUT2D eigenvalue weighted by Crippen LogP contribution is -2.47. The fourth-order valence-corrected chi connectivity index (χ4v) is 4.17. The molecule has 0 aliphatic carbocycles. The maximum atomic E-state index is 12.6. The smallest absolute Gasteiger partial charge is 0.243 e. The lowest BCUT2D eigenvalue weighted by molar-refractivity contribution is -0.132. The molecule has 0 unspecified atom stereocenters. The van der Waals surface area contributed by atoms with Gasteiger partial charge in [0.15, 0.2) is 5.78 Å². The van der Waals surface area contributed by atoms with Gasteiger partial charge in [-0.05, 0) is 46.0 Å². The van der Waals surface area contributed by atoms with Gasteiger partial charge in [0, 0.05) is 31.7 Å². The predicted octanol–water partition coefficient (Wildman–Crippen LogP) is 1.06. The molecule has 26 heavy (non-hydrogen) atoms. The van der Waals surface area contributed by atoms with E-state index < -0.39 is 10.0 Å². The van der Waals surface area contributed by atoms with Crippen LogP contribution < -0.4 is 0 Å². The second kappa shape index (κ2) is 8.28. The van der Waals surface area contributed by atoms with Crippen LogP contribution in [0.2, 0.25) is 0 Å². The molecular weight excluding hydrogens is 354 g/mol. The van der Waals surface area contributed by atoms with E-state index in [2.05, 4.69) is 4.90 Å². The zero-order chi connectivity index (χ0) is 19.5. The molecule has 1 aromatic rings. The molecule has 0 aromatic heterocycles. The lowest BCUT2D eigenvalue weighted by atomic mass is 10.0. The van der Waals surface area contributed by atoms with Crippen molar-refractivity contribution in [3.63, 3.8) is 0 Å². The first-order valence-corrected chi connectivity index (χ1v) is 10.1. The van der Waals surface area contributed by atoms with Crippen molar-refractivity contribution in [3.05, 3.63) is 29.8 Å². The number of rotatable bonds is 6. The molecule has 0 N–H and O–H groups in total. The van der Waals surface area contributed by atoms with Gasteiger partial charge in [0.05, 0.1) is 11.4 Å². The number of hydrogen-bond donors (Lipinski definition) is 0. The zero-order valence-electron chi connectivity index (χ0n) is 15.8. The van der Waals surface area contributed by atoms with Gasteiger partial charge in [-0.1, -0.05) is 12.1 Å². The van der Waals surface area contributed by atoms with Gasteiger partial charge in [-0.2, -0.15) is 4.31 Å². The van der Waals surface area contributed by atoms with Gasteiger partial charge in [0.2, 0.25) is 15.9 Å². The summed E-state index contributed by atoms with van der Waals surface area (Å²) in [7, 11) is 1.68. The monoisotopic (exact) mass is 381 g/mol. The van der Waals surface area contributed by atoms with E-state index in [-0.39, 0.29) is 23.1 Å². The van der Waals surface area contributed by atoms with Gasteiger partial charge in [0.1, 0.15) is 0 Å². The molecule has 1 aliphatic rings. The predicted molar refractivity (Wildman–Crippen MR) is 99.6 cm³/mol. The molecule has 1 aromatic carbocycles. The third kappa shape index (κ3) is 4.69. The highest BCUT2D eigenvalue weighted by Crippen LogP contribution is 2.18. The van der Waals surface area contributed by atoms with Crippen LogP contribution in [0.4, 0.5) is 0 Å². The molecule has 7 nitrogen and oxygen atoms in total. The molecule has 8 heteroatoms. The first-order chi connectivity index (χ1) is 12.1. The Morgan fingerprint density at radius 2 is 1.62 bits per heavy atom. The number of piperidine rings is 1. The molecule has 0 bridgehead atoms. The number of ketones is 1. The van der Waals surface area contributed by atoms with Crippen LogP contribution in [0.15, 0.2) is 29.2 Å². The molecule has 144 valence electrons. The molecule has 2 rings (SSSR count). The summed E-state index contributed by atoms with van der Waals surface area (Å²) in [6.07, 6.45) is 1.78. The van der Waals surface area contributed by atoms with Gasteiger partial charge in [-0.15, -0.1) is 0 Å². The molecule has 1 aliphatic heterocycles. The van der Waals surface area contributed by atoms with Crippen LogP contribution in [0.3, 0.4) is 0 Å². The number of sulfonamides is 1. The van der Waals surface area contributed by atoms with E-state index >= 15 is 0 Å². The Balaban J connectivity index is 2.00. The highest BCUT2D eigenvalue weighted by molar-refractivity contribution is 7.89. The number of amides is 1. The minimum Gasteiger partial charge on any atom is -0.341 e. The Labute approximate surface area is 155 Å². The molecule has 1 heterocycles. The average Bonchev–Trinajstić information content (AvgIpc) is 2.61. The number of likely N-dealkylation sites (N-methyl/N-ethyl adjacent to an activating group) is 1. The maximum absolute atomic E-state index is 12.6. The first kappa shape index (κ1) is 20.5. The minimum absolute atomic E-state index is 0.0733. The van der Waals surface area contributed by atoms with Crippen molar-refractivity contribution in [2.45, 2.75) is 30.7 Å². The second-order valence-corrected chi connectivity index (χ2v) is 8.96. The maximum Gasteiger partial charge on any atom is 0.243 e. The number of benzene rings is 1. The van der Waals surface area contributed by atoms with Gasteiger partial charge >= 0.3 is 0 Å². The summed E-state index contributed by atoms with van der Waals surface area (Å²) in [5.74, 6) is -0.313. The molecule has 1 saturated heterocycles. The number of carbonyl (C=O) groups excluding carboxylic acids is 2. The molecule has 0 spiro atoms. The largest absolute Gasteiger partial charge is 0.341 e. The minimum atomic E-state index is -3.77.